The molecular weight excluding hydrogens is 531 g/mol. The number of amides is 1. The Labute approximate surface area is 231 Å². The van der Waals surface area contributed by atoms with Crippen molar-refractivity contribution in [2.24, 2.45) is 10.1 Å². The fourth-order valence-corrected chi connectivity index (χ4v) is 5.26. The SMILES string of the molecule is CCCCCCCC1=NN2C(=N)/C(=C/c3ccc(OCc4ccc(Cl)cc4Cl)c(OC)c3)C(=O)N=C2S1. The summed E-state index contributed by atoms with van der Waals surface area (Å²) in [6.07, 6.45) is 8.28. The number of hydrogen-bond acceptors (Lipinski definition) is 6. The van der Waals surface area contributed by atoms with Crippen LogP contribution in [0.4, 0.5) is 0 Å². The van der Waals surface area contributed by atoms with Crippen molar-refractivity contribution in [1.82, 2.24) is 5.01 Å². The summed E-state index contributed by atoms with van der Waals surface area (Å²) >= 11 is 13.6. The Kier molecular flexibility index (Phi) is 9.29. The van der Waals surface area contributed by atoms with Gasteiger partial charge in [-0.1, -0.05) is 67.9 Å². The number of thioether (sulfide) groups is 1. The topological polar surface area (TPSA) is 87.3 Å². The minimum Gasteiger partial charge on any atom is -0.493 e. The number of ether oxygens (including phenoxy) is 2. The van der Waals surface area contributed by atoms with Crippen molar-refractivity contribution >= 4 is 63.0 Å². The first-order chi connectivity index (χ1) is 17.9. The van der Waals surface area contributed by atoms with E-state index in [1.165, 1.54) is 36.0 Å². The summed E-state index contributed by atoms with van der Waals surface area (Å²) in [6.45, 7) is 2.43. The van der Waals surface area contributed by atoms with Crippen molar-refractivity contribution in [2.75, 3.05) is 7.11 Å². The van der Waals surface area contributed by atoms with E-state index in [9.17, 15) is 4.79 Å². The summed E-state index contributed by atoms with van der Waals surface area (Å²) in [5.41, 5.74) is 1.63. The molecule has 7 nitrogen and oxygen atoms in total. The van der Waals surface area contributed by atoms with Crippen LogP contribution in [0.2, 0.25) is 10.0 Å². The molecule has 4 rings (SSSR count). The Morgan fingerprint density at radius 1 is 1.08 bits per heavy atom. The van der Waals surface area contributed by atoms with Gasteiger partial charge in [-0.05, 0) is 60.5 Å². The Bertz CT molecular complexity index is 1290. The number of fused-ring (bicyclic) bond motifs is 1. The van der Waals surface area contributed by atoms with Crippen molar-refractivity contribution in [3.63, 3.8) is 0 Å². The predicted octanol–water partition coefficient (Wildman–Crippen LogP) is 7.56. The van der Waals surface area contributed by atoms with E-state index < -0.39 is 5.91 Å². The molecule has 0 unspecified atom stereocenters. The number of nitrogens with zero attached hydrogens (tertiary/aromatic N) is 3. The molecular formula is C27H28Cl2N4O3S. The van der Waals surface area contributed by atoms with Gasteiger partial charge in [-0.2, -0.15) is 15.1 Å². The molecule has 0 atom stereocenters. The highest BCUT2D eigenvalue weighted by molar-refractivity contribution is 8.26. The Hall–Kier alpha value is -2.81. The van der Waals surface area contributed by atoms with Crippen LogP contribution in [-0.4, -0.2) is 34.1 Å². The molecule has 1 amide bonds. The molecule has 0 aromatic heterocycles. The van der Waals surface area contributed by atoms with Crippen molar-refractivity contribution < 1.29 is 14.3 Å². The monoisotopic (exact) mass is 558 g/mol. The van der Waals surface area contributed by atoms with E-state index in [4.69, 9.17) is 38.1 Å². The molecule has 194 valence electrons. The number of unbranched alkanes of at least 4 members (excludes halogenated alkanes) is 4. The predicted molar refractivity (Wildman–Crippen MR) is 152 cm³/mol. The zero-order valence-corrected chi connectivity index (χ0v) is 23.1. The van der Waals surface area contributed by atoms with Crippen LogP contribution in [0, 0.1) is 5.41 Å². The van der Waals surface area contributed by atoms with Crippen LogP contribution in [0.3, 0.4) is 0 Å². The highest BCUT2D eigenvalue weighted by Gasteiger charge is 2.35. The normalized spacial score (nSPS) is 16.1. The van der Waals surface area contributed by atoms with Crippen LogP contribution in [0.5, 0.6) is 11.5 Å². The van der Waals surface area contributed by atoms with E-state index in [1.807, 2.05) is 6.07 Å². The third-order valence-electron chi connectivity index (χ3n) is 5.89. The molecule has 2 heterocycles. The number of rotatable bonds is 11. The third-order valence-corrected chi connectivity index (χ3v) is 7.44. The minimum absolute atomic E-state index is 0.0140. The largest absolute Gasteiger partial charge is 0.493 e. The number of hydrazone groups is 1. The lowest BCUT2D eigenvalue weighted by molar-refractivity contribution is -0.114. The van der Waals surface area contributed by atoms with E-state index >= 15 is 0 Å². The van der Waals surface area contributed by atoms with Crippen molar-refractivity contribution in [1.29, 1.82) is 5.41 Å². The average Bonchev–Trinajstić information content (AvgIpc) is 3.29. The number of amidine groups is 2. The van der Waals surface area contributed by atoms with Gasteiger partial charge < -0.3 is 9.47 Å². The van der Waals surface area contributed by atoms with Gasteiger partial charge in [-0.25, -0.2) is 0 Å². The number of nitrogens with one attached hydrogen (secondary N) is 1. The first kappa shape index (κ1) is 27.2. The average molecular weight is 560 g/mol. The fraction of sp³-hybridized carbons (Fsp3) is 0.333. The molecule has 37 heavy (non-hydrogen) atoms. The molecule has 2 aliphatic heterocycles. The molecule has 1 N–H and O–H groups in total. The zero-order valence-electron chi connectivity index (χ0n) is 20.7. The van der Waals surface area contributed by atoms with Crippen molar-refractivity contribution in [2.45, 2.75) is 52.1 Å². The van der Waals surface area contributed by atoms with Crippen LogP contribution < -0.4 is 9.47 Å². The van der Waals surface area contributed by atoms with E-state index in [-0.39, 0.29) is 18.0 Å². The maximum Gasteiger partial charge on any atom is 0.283 e. The second-order valence-electron chi connectivity index (χ2n) is 8.61. The number of methoxy groups -OCH3 is 1. The lowest BCUT2D eigenvalue weighted by Gasteiger charge is -2.20. The summed E-state index contributed by atoms with van der Waals surface area (Å²) in [5, 5.41) is 17.0. The lowest BCUT2D eigenvalue weighted by Crippen LogP contribution is -2.35. The first-order valence-corrected chi connectivity index (χ1v) is 13.7. The lowest BCUT2D eigenvalue weighted by atomic mass is 10.1. The van der Waals surface area contributed by atoms with Gasteiger partial charge in [0.05, 0.1) is 12.7 Å². The molecule has 2 aliphatic rings. The van der Waals surface area contributed by atoms with Gasteiger partial charge in [0.1, 0.15) is 11.7 Å². The second kappa shape index (κ2) is 12.6. The zero-order chi connectivity index (χ0) is 26.4. The highest BCUT2D eigenvalue weighted by atomic mass is 35.5. The van der Waals surface area contributed by atoms with Crippen LogP contribution in [0.25, 0.3) is 6.08 Å². The van der Waals surface area contributed by atoms with Gasteiger partial charge in [0.2, 0.25) is 5.17 Å². The van der Waals surface area contributed by atoms with Crippen LogP contribution in [0.15, 0.2) is 52.1 Å². The minimum atomic E-state index is -0.459. The molecule has 0 aliphatic carbocycles. The summed E-state index contributed by atoms with van der Waals surface area (Å²) < 4.78 is 11.4. The smallest absolute Gasteiger partial charge is 0.283 e. The Morgan fingerprint density at radius 2 is 1.89 bits per heavy atom. The van der Waals surface area contributed by atoms with Gasteiger partial charge >= 0.3 is 0 Å². The van der Waals surface area contributed by atoms with Crippen LogP contribution in [-0.2, 0) is 11.4 Å². The summed E-state index contributed by atoms with van der Waals surface area (Å²) in [5.74, 6) is 0.559. The summed E-state index contributed by atoms with van der Waals surface area (Å²) in [7, 11) is 1.54. The first-order valence-electron chi connectivity index (χ1n) is 12.1. The summed E-state index contributed by atoms with van der Waals surface area (Å²) in [6, 6.07) is 10.5. The number of aliphatic imine (C=N–C) groups is 1. The van der Waals surface area contributed by atoms with Gasteiger partial charge in [0, 0.05) is 15.6 Å². The Balaban J connectivity index is 1.46. The van der Waals surface area contributed by atoms with E-state index in [1.54, 1.807) is 43.5 Å². The maximum absolute atomic E-state index is 12.8. The number of hydrogen-bond donors (Lipinski definition) is 1. The summed E-state index contributed by atoms with van der Waals surface area (Å²) in [4.78, 5) is 16.9. The van der Waals surface area contributed by atoms with Crippen molar-refractivity contribution in [3.8, 4) is 11.5 Å². The number of halogens is 2. The fourth-order valence-electron chi connectivity index (χ4n) is 3.87. The van der Waals surface area contributed by atoms with Gasteiger partial charge in [-0.15, -0.1) is 0 Å². The molecule has 2 aromatic rings. The maximum atomic E-state index is 12.8. The van der Waals surface area contributed by atoms with Crippen LogP contribution >= 0.6 is 35.0 Å². The van der Waals surface area contributed by atoms with E-state index in [0.717, 1.165) is 29.9 Å². The quantitative estimate of drug-likeness (QED) is 0.227. The van der Waals surface area contributed by atoms with E-state index in [2.05, 4.69) is 17.0 Å². The molecule has 0 fully saturated rings. The molecule has 0 bridgehead atoms. The second-order valence-corrected chi connectivity index (χ2v) is 10.5. The van der Waals surface area contributed by atoms with Crippen LogP contribution in [0.1, 0.15) is 56.6 Å². The van der Waals surface area contributed by atoms with Gasteiger partial charge in [0.25, 0.3) is 5.91 Å². The highest BCUT2D eigenvalue weighted by Crippen LogP contribution is 2.33. The molecule has 0 radical (unpaired) electrons. The molecule has 10 heteroatoms. The standard InChI is InChI=1S/C27H28Cl2N4O3S/c1-3-4-5-6-7-8-24-32-33-25(30)20(26(34)31-27(33)37-24)13-17-9-12-22(23(14-17)35-2)36-16-18-10-11-19(28)15-21(18)29/h9-15,30H,3-8,16H2,1-2H3/b20-13-,30-25?. The molecule has 0 saturated heterocycles. The number of carbonyl (C=O) groups is 1. The number of benzene rings is 2. The molecule has 0 saturated carbocycles. The number of carbonyl (C=O) groups excluding carboxylic acids is 1. The van der Waals surface area contributed by atoms with E-state index in [0.29, 0.717) is 32.3 Å². The third kappa shape index (κ3) is 6.74. The van der Waals surface area contributed by atoms with Gasteiger partial charge in [0.15, 0.2) is 17.3 Å². The molecule has 0 spiro atoms. The van der Waals surface area contributed by atoms with Crippen molar-refractivity contribution in [3.05, 3.63) is 63.1 Å². The molecule has 2 aromatic carbocycles. The van der Waals surface area contributed by atoms with Gasteiger partial charge in [-0.3, -0.25) is 10.2 Å². The Morgan fingerprint density at radius 3 is 2.65 bits per heavy atom.